The van der Waals surface area contributed by atoms with Crippen LogP contribution in [0.1, 0.15) is 45.7 Å². The van der Waals surface area contributed by atoms with Gasteiger partial charge in [0.15, 0.2) is 12.4 Å². The second-order valence-corrected chi connectivity index (χ2v) is 8.82. The molecule has 0 radical (unpaired) electrons. The molecule has 0 aromatic heterocycles. The summed E-state index contributed by atoms with van der Waals surface area (Å²) in [6.07, 6.45) is 0.843. The first-order valence-electron chi connectivity index (χ1n) is 10.8. The van der Waals surface area contributed by atoms with Gasteiger partial charge in [0.2, 0.25) is 0 Å². The third-order valence-electron chi connectivity index (χ3n) is 5.79. The van der Waals surface area contributed by atoms with Gasteiger partial charge in [0, 0.05) is 5.56 Å². The number of esters is 1. The van der Waals surface area contributed by atoms with E-state index in [4.69, 9.17) is 16.3 Å². The van der Waals surface area contributed by atoms with E-state index in [2.05, 4.69) is 11.4 Å². The fourth-order valence-electron chi connectivity index (χ4n) is 3.97. The van der Waals surface area contributed by atoms with Crippen LogP contribution in [0.2, 0.25) is 5.02 Å². The molecule has 0 unspecified atom stereocenters. The quantitative estimate of drug-likeness (QED) is 0.307. The normalized spacial score (nSPS) is 12.6. The van der Waals surface area contributed by atoms with Gasteiger partial charge in [-0.05, 0) is 52.8 Å². The van der Waals surface area contributed by atoms with Crippen LogP contribution in [0.3, 0.4) is 0 Å². The number of halogens is 1. The number of ether oxygens (including phenoxy) is 1. The number of carbonyl (C=O) groups is 3. The molecule has 0 fully saturated rings. The molecule has 3 aromatic carbocycles. The van der Waals surface area contributed by atoms with Gasteiger partial charge in [0.1, 0.15) is 6.04 Å². The van der Waals surface area contributed by atoms with E-state index in [1.54, 1.807) is 44.2 Å². The van der Waals surface area contributed by atoms with Crippen molar-refractivity contribution in [2.75, 3.05) is 6.61 Å². The Morgan fingerprint density at radius 2 is 1.64 bits per heavy atom. The average molecular weight is 462 g/mol. The van der Waals surface area contributed by atoms with E-state index < -0.39 is 24.5 Å². The van der Waals surface area contributed by atoms with E-state index in [1.807, 2.05) is 30.3 Å². The van der Waals surface area contributed by atoms with Crippen molar-refractivity contribution in [3.63, 3.8) is 0 Å². The minimum Gasteiger partial charge on any atom is -0.456 e. The maximum atomic E-state index is 12.8. The smallest absolute Gasteiger partial charge is 0.329 e. The molecule has 0 heterocycles. The van der Waals surface area contributed by atoms with Gasteiger partial charge < -0.3 is 10.1 Å². The Balaban J connectivity index is 1.42. The Labute approximate surface area is 197 Å². The van der Waals surface area contributed by atoms with E-state index in [9.17, 15) is 14.4 Å². The molecule has 168 valence electrons. The number of rotatable bonds is 7. The molecule has 1 amide bonds. The van der Waals surface area contributed by atoms with Crippen molar-refractivity contribution in [2.24, 2.45) is 5.92 Å². The number of ketones is 1. The Hall–Kier alpha value is -3.44. The van der Waals surface area contributed by atoms with Crippen LogP contribution >= 0.6 is 11.6 Å². The number of nitrogens with one attached hydrogen (secondary N) is 1. The van der Waals surface area contributed by atoms with Crippen molar-refractivity contribution in [1.29, 1.82) is 0 Å². The first kappa shape index (κ1) is 22.7. The highest BCUT2D eigenvalue weighted by Crippen LogP contribution is 2.36. The van der Waals surface area contributed by atoms with Crippen LogP contribution in [-0.2, 0) is 16.0 Å². The highest BCUT2D eigenvalue weighted by Gasteiger charge is 2.28. The van der Waals surface area contributed by atoms with Crippen molar-refractivity contribution in [3.05, 3.63) is 94.0 Å². The summed E-state index contributed by atoms with van der Waals surface area (Å²) in [7, 11) is 0. The van der Waals surface area contributed by atoms with Crippen LogP contribution in [0.5, 0.6) is 0 Å². The van der Waals surface area contributed by atoms with Crippen LogP contribution in [0.15, 0.2) is 66.7 Å². The Bertz CT molecular complexity index is 1230. The molecule has 0 saturated carbocycles. The van der Waals surface area contributed by atoms with Crippen molar-refractivity contribution in [1.82, 2.24) is 5.32 Å². The Morgan fingerprint density at radius 1 is 0.939 bits per heavy atom. The fraction of sp³-hybridized carbons (Fsp3) is 0.222. The molecule has 6 heteroatoms. The number of carbonyl (C=O) groups excluding carboxylic acids is 3. The predicted octanol–water partition coefficient (Wildman–Crippen LogP) is 5.09. The summed E-state index contributed by atoms with van der Waals surface area (Å²) in [4.78, 5) is 38.0. The lowest BCUT2D eigenvalue weighted by molar-refractivity contribution is -0.145. The van der Waals surface area contributed by atoms with Crippen LogP contribution < -0.4 is 5.32 Å². The summed E-state index contributed by atoms with van der Waals surface area (Å²) in [5, 5.41) is 2.96. The minimum atomic E-state index is -0.909. The molecular weight excluding hydrogens is 438 g/mol. The monoisotopic (exact) mass is 461 g/mol. The number of hydrogen-bond donors (Lipinski definition) is 1. The van der Waals surface area contributed by atoms with Crippen LogP contribution in [0, 0.1) is 5.92 Å². The molecule has 33 heavy (non-hydrogen) atoms. The van der Waals surface area contributed by atoms with E-state index in [0.29, 0.717) is 10.6 Å². The second kappa shape index (κ2) is 9.59. The first-order chi connectivity index (χ1) is 15.8. The molecule has 0 aliphatic heterocycles. The van der Waals surface area contributed by atoms with E-state index >= 15 is 0 Å². The number of hydrogen-bond acceptors (Lipinski definition) is 4. The molecule has 1 aliphatic rings. The molecule has 5 nitrogen and oxygen atoms in total. The van der Waals surface area contributed by atoms with E-state index in [-0.39, 0.29) is 17.3 Å². The van der Waals surface area contributed by atoms with Gasteiger partial charge in [-0.15, -0.1) is 0 Å². The molecule has 0 spiro atoms. The largest absolute Gasteiger partial charge is 0.456 e. The number of fused-ring (bicyclic) bond motifs is 3. The molecule has 3 aromatic rings. The van der Waals surface area contributed by atoms with E-state index in [0.717, 1.165) is 17.5 Å². The van der Waals surface area contributed by atoms with E-state index in [1.165, 1.54) is 11.1 Å². The summed E-state index contributed by atoms with van der Waals surface area (Å²) < 4.78 is 5.30. The van der Waals surface area contributed by atoms with Gasteiger partial charge in [0.25, 0.3) is 5.91 Å². The van der Waals surface area contributed by atoms with Gasteiger partial charge in [-0.25, -0.2) is 4.79 Å². The van der Waals surface area contributed by atoms with Gasteiger partial charge in [0.05, 0.1) is 10.6 Å². The number of amides is 1. The summed E-state index contributed by atoms with van der Waals surface area (Å²) in [6, 6.07) is 19.4. The highest BCUT2D eigenvalue weighted by molar-refractivity contribution is 6.33. The SMILES string of the molecule is CC(C)[C@H](NC(=O)c1ccccc1Cl)C(=O)OCC(=O)c1ccc2c(c1)-c1ccccc1C2. The predicted molar refractivity (Wildman–Crippen MR) is 128 cm³/mol. The molecular formula is C27H24ClNO4. The molecule has 4 rings (SSSR count). The molecule has 1 aliphatic carbocycles. The van der Waals surface area contributed by atoms with Crippen molar-refractivity contribution in [3.8, 4) is 11.1 Å². The fourth-order valence-corrected chi connectivity index (χ4v) is 4.19. The number of Topliss-reactive ketones (excluding diaryl/α,β-unsaturated/α-hetero) is 1. The van der Waals surface area contributed by atoms with Crippen LogP contribution in [-0.4, -0.2) is 30.3 Å². The Morgan fingerprint density at radius 3 is 2.39 bits per heavy atom. The van der Waals surface area contributed by atoms with Gasteiger partial charge in [-0.3, -0.25) is 9.59 Å². The van der Waals surface area contributed by atoms with Gasteiger partial charge >= 0.3 is 5.97 Å². The lowest BCUT2D eigenvalue weighted by Crippen LogP contribution is -2.45. The summed E-state index contributed by atoms with van der Waals surface area (Å²) >= 11 is 6.08. The third kappa shape index (κ3) is 4.83. The van der Waals surface area contributed by atoms with Crippen molar-refractivity contribution in [2.45, 2.75) is 26.3 Å². The van der Waals surface area contributed by atoms with Crippen molar-refractivity contribution >= 4 is 29.3 Å². The number of benzene rings is 3. The highest BCUT2D eigenvalue weighted by atomic mass is 35.5. The summed E-state index contributed by atoms with van der Waals surface area (Å²) in [6.45, 7) is 3.18. The standard InChI is InChI=1S/C27H24ClNO4/c1-16(2)25(29-26(31)21-9-5-6-10-23(21)28)27(32)33-15-24(30)19-12-11-18-13-17-7-3-4-8-20(17)22(18)14-19/h3-12,14,16,25H,13,15H2,1-2H3,(H,29,31)/t25-/m0/s1. The van der Waals surface area contributed by atoms with Crippen LogP contribution in [0.25, 0.3) is 11.1 Å². The van der Waals surface area contributed by atoms with Gasteiger partial charge in [-0.2, -0.15) is 0 Å². The summed E-state index contributed by atoms with van der Waals surface area (Å²) in [5.41, 5.74) is 5.33. The molecule has 0 saturated heterocycles. The zero-order valence-corrected chi connectivity index (χ0v) is 19.2. The second-order valence-electron chi connectivity index (χ2n) is 8.41. The molecule has 1 N–H and O–H groups in total. The topological polar surface area (TPSA) is 72.5 Å². The zero-order valence-electron chi connectivity index (χ0n) is 18.4. The average Bonchev–Trinajstić information content (AvgIpc) is 3.18. The van der Waals surface area contributed by atoms with Crippen LogP contribution in [0.4, 0.5) is 0 Å². The lowest BCUT2D eigenvalue weighted by atomic mass is 10.0. The lowest BCUT2D eigenvalue weighted by Gasteiger charge is -2.21. The Kier molecular flexibility index (Phi) is 6.61. The molecule has 1 atom stereocenters. The maximum absolute atomic E-state index is 12.8. The first-order valence-corrected chi connectivity index (χ1v) is 11.2. The zero-order chi connectivity index (χ0) is 23.5. The summed E-state index contributed by atoms with van der Waals surface area (Å²) in [5.74, 6) is -1.67. The molecule has 0 bridgehead atoms. The minimum absolute atomic E-state index is 0.240. The van der Waals surface area contributed by atoms with Gasteiger partial charge in [-0.1, -0.05) is 74.0 Å². The maximum Gasteiger partial charge on any atom is 0.329 e. The third-order valence-corrected chi connectivity index (χ3v) is 6.12. The van der Waals surface area contributed by atoms with Crippen molar-refractivity contribution < 1.29 is 19.1 Å².